The monoisotopic (exact) mass is 254 g/mol. The predicted octanol–water partition coefficient (Wildman–Crippen LogP) is 3.05. The van der Waals surface area contributed by atoms with E-state index in [1.165, 1.54) is 4.93 Å². The van der Waals surface area contributed by atoms with Crippen molar-refractivity contribution in [2.75, 3.05) is 9.36 Å². The molecule has 4 heteroatoms. The van der Waals surface area contributed by atoms with Gasteiger partial charge in [-0.2, -0.15) is 0 Å². The Morgan fingerprint density at radius 1 is 1.33 bits per heavy atom. The van der Waals surface area contributed by atoms with Gasteiger partial charge in [0, 0.05) is 0 Å². The van der Waals surface area contributed by atoms with Crippen LogP contribution in [-0.2, 0) is 0 Å². The predicted molar refractivity (Wildman–Crippen MR) is 41.2 cm³/mol. The summed E-state index contributed by atoms with van der Waals surface area (Å²) in [7, 11) is 0. The third-order valence-corrected chi connectivity index (χ3v) is 5.62. The summed E-state index contributed by atoms with van der Waals surface area (Å²) in [4.78, 5) is 1.37. The van der Waals surface area contributed by atoms with Crippen molar-refractivity contribution in [2.24, 2.45) is 0 Å². The molecule has 0 radical (unpaired) electrons. The van der Waals surface area contributed by atoms with Crippen LogP contribution in [0.2, 0.25) is 0 Å². The molecule has 0 saturated carbocycles. The fraction of sp³-hybridized carbons (Fsp3) is 1.00. The van der Waals surface area contributed by atoms with Gasteiger partial charge in [0.1, 0.15) is 0 Å². The van der Waals surface area contributed by atoms with E-state index in [9.17, 15) is 13.2 Å². The van der Waals surface area contributed by atoms with Gasteiger partial charge in [-0.1, -0.05) is 0 Å². The van der Waals surface area contributed by atoms with Crippen LogP contribution in [0.3, 0.4) is 0 Å². The van der Waals surface area contributed by atoms with Crippen molar-refractivity contribution in [2.45, 2.75) is 17.5 Å². The maximum absolute atomic E-state index is 11.7. The van der Waals surface area contributed by atoms with Crippen LogP contribution < -0.4 is 0 Å². The molecule has 0 aliphatic heterocycles. The summed E-state index contributed by atoms with van der Waals surface area (Å²) in [6.45, 7) is 1.79. The van der Waals surface area contributed by atoms with Gasteiger partial charge in [-0.15, -0.1) is 0 Å². The third-order valence-electron chi connectivity index (χ3n) is 0.838. The summed E-state index contributed by atoms with van der Waals surface area (Å²) in [6, 6.07) is 0. The second-order valence-electron chi connectivity index (χ2n) is 1.71. The Bertz CT molecular complexity index is 78.8. The van der Waals surface area contributed by atoms with Crippen LogP contribution in [-0.4, -0.2) is 13.5 Å². The first-order valence-electron chi connectivity index (χ1n) is 2.61. The quantitative estimate of drug-likeness (QED) is 0.524. The summed E-state index contributed by atoms with van der Waals surface area (Å²) >= 11 is -2.55. The Morgan fingerprint density at radius 3 is 1.89 bits per heavy atom. The topological polar surface area (TPSA) is 0 Å². The molecule has 0 fully saturated rings. The molecular weight excluding hydrogens is 244 g/mol. The molecule has 0 nitrogen and oxygen atoms in total. The zero-order valence-corrected chi connectivity index (χ0v) is 7.58. The minimum absolute atomic E-state index is 0.396. The van der Waals surface area contributed by atoms with E-state index < -0.39 is 24.0 Å². The van der Waals surface area contributed by atoms with Crippen molar-refractivity contribution in [3.63, 3.8) is 0 Å². The number of alkyl halides is 6. The molecule has 0 aromatic rings. The molecule has 0 saturated heterocycles. The Kier molecular flexibility index (Phi) is 3.84. The number of hydrogen-bond donors (Lipinski definition) is 0. The summed E-state index contributed by atoms with van der Waals surface area (Å²) in [5, 5.41) is 0. The Balaban J connectivity index is 3.59. The van der Waals surface area contributed by atoms with Gasteiger partial charge in [-0.3, -0.25) is 0 Å². The van der Waals surface area contributed by atoms with Crippen molar-refractivity contribution >= 4 is 19.8 Å². The summed E-state index contributed by atoms with van der Waals surface area (Å²) in [5.41, 5.74) is 0. The van der Waals surface area contributed by atoms with Crippen LogP contribution in [0.4, 0.5) is 13.2 Å². The summed E-state index contributed by atoms with van der Waals surface area (Å²) < 4.78 is 31.7. The van der Waals surface area contributed by atoms with Gasteiger partial charge in [-0.25, -0.2) is 0 Å². The van der Waals surface area contributed by atoms with Gasteiger partial charge in [-0.05, 0) is 0 Å². The Labute approximate surface area is 60.2 Å². The second kappa shape index (κ2) is 3.63. The molecule has 0 N–H and O–H groups in total. The molecule has 0 aliphatic carbocycles. The van der Waals surface area contributed by atoms with E-state index >= 15 is 0 Å². The molecule has 9 heavy (non-hydrogen) atoms. The van der Waals surface area contributed by atoms with Crippen LogP contribution in [0.25, 0.3) is 0 Å². The zero-order valence-electron chi connectivity index (χ0n) is 5.43. The van der Waals surface area contributed by atoms with Crippen LogP contribution in [0, 0.1) is 0 Å². The van der Waals surface area contributed by atoms with Crippen molar-refractivity contribution in [1.29, 1.82) is 0 Å². The van der Waals surface area contributed by atoms with E-state index in [1.807, 2.05) is 0 Å². The molecule has 0 aliphatic rings. The van der Waals surface area contributed by atoms with Crippen molar-refractivity contribution < 1.29 is 13.2 Å². The van der Waals surface area contributed by atoms with Gasteiger partial charge in [0.2, 0.25) is 0 Å². The SMILES string of the molecule is CCCI(C)C(F)(F)F. The summed E-state index contributed by atoms with van der Waals surface area (Å²) in [6.07, 6.45) is 0.668. The maximum atomic E-state index is 11.7. The first-order valence-corrected chi connectivity index (χ1v) is 7.37. The molecule has 0 unspecified atom stereocenters. The normalized spacial score (nSPS) is 13.7. The van der Waals surface area contributed by atoms with Crippen molar-refractivity contribution in [3.8, 4) is 0 Å². The molecule has 0 aromatic heterocycles. The van der Waals surface area contributed by atoms with Crippen LogP contribution >= 0.6 is 19.8 Å². The molecule has 0 bridgehead atoms. The van der Waals surface area contributed by atoms with E-state index in [0.29, 0.717) is 10.8 Å². The third kappa shape index (κ3) is 4.00. The first kappa shape index (κ1) is 9.52. The van der Waals surface area contributed by atoms with E-state index in [1.54, 1.807) is 6.92 Å². The minimum atomic E-state index is -3.83. The van der Waals surface area contributed by atoms with E-state index in [0.717, 1.165) is 0 Å². The van der Waals surface area contributed by atoms with Crippen molar-refractivity contribution in [1.82, 2.24) is 0 Å². The van der Waals surface area contributed by atoms with Gasteiger partial charge in [0.15, 0.2) is 0 Å². The first-order chi connectivity index (χ1) is 3.98. The van der Waals surface area contributed by atoms with Gasteiger partial charge >= 0.3 is 59.9 Å². The van der Waals surface area contributed by atoms with Gasteiger partial charge in [0.25, 0.3) is 0 Å². The van der Waals surface area contributed by atoms with Crippen molar-refractivity contribution in [3.05, 3.63) is 0 Å². The molecular formula is C5H10F3I. The van der Waals surface area contributed by atoms with Gasteiger partial charge < -0.3 is 0 Å². The number of halogens is 4. The molecule has 0 atom stereocenters. The van der Waals surface area contributed by atoms with Crippen LogP contribution in [0.1, 0.15) is 13.3 Å². The van der Waals surface area contributed by atoms with E-state index in [-0.39, 0.29) is 0 Å². The standard InChI is InChI=1S/C5H10F3I/c1-3-4-9(2)5(6,7)8/h3-4H2,1-2H3. The molecule has 58 valence electrons. The molecule has 0 aromatic carbocycles. The molecule has 0 heterocycles. The summed E-state index contributed by atoms with van der Waals surface area (Å²) in [5.74, 6) is 0. The molecule has 0 amide bonds. The van der Waals surface area contributed by atoms with E-state index in [4.69, 9.17) is 0 Å². The number of hydrogen-bond acceptors (Lipinski definition) is 0. The average Bonchev–Trinajstić information content (AvgIpc) is 1.64. The Hall–Kier alpha value is 0.520. The average molecular weight is 254 g/mol. The van der Waals surface area contributed by atoms with Crippen LogP contribution in [0.15, 0.2) is 0 Å². The van der Waals surface area contributed by atoms with Crippen LogP contribution in [0.5, 0.6) is 0 Å². The zero-order chi connectivity index (χ0) is 7.49. The fourth-order valence-corrected chi connectivity index (χ4v) is 2.62. The second-order valence-corrected chi connectivity index (χ2v) is 7.38. The van der Waals surface area contributed by atoms with E-state index in [2.05, 4.69) is 0 Å². The number of rotatable bonds is 2. The Morgan fingerprint density at radius 2 is 1.78 bits per heavy atom. The molecule has 0 spiro atoms. The fourth-order valence-electron chi connectivity index (χ4n) is 0.391. The molecule has 0 rings (SSSR count). The van der Waals surface area contributed by atoms with Gasteiger partial charge in [0.05, 0.1) is 0 Å².